The summed E-state index contributed by atoms with van der Waals surface area (Å²) in [6, 6.07) is 13.9. The lowest BCUT2D eigenvalue weighted by Crippen LogP contribution is -2.23. The molecule has 0 aliphatic rings. The van der Waals surface area contributed by atoms with E-state index in [0.717, 1.165) is 12.1 Å². The quantitative estimate of drug-likeness (QED) is 0.474. The molecular weight excluding hydrogens is 398 g/mol. The summed E-state index contributed by atoms with van der Waals surface area (Å²) in [6.07, 6.45) is -1.19. The maximum atomic E-state index is 13.2. The third kappa shape index (κ3) is 3.89. The van der Waals surface area contributed by atoms with Crippen LogP contribution in [0.2, 0.25) is 0 Å². The Kier molecular flexibility index (Phi) is 4.99. The smallest absolute Gasteiger partial charge is 0.348 e. The van der Waals surface area contributed by atoms with Gasteiger partial charge in [-0.3, -0.25) is 9.20 Å². The summed E-state index contributed by atoms with van der Waals surface area (Å²) in [5.74, 6) is -0.268. The minimum absolute atomic E-state index is 0.0528. The van der Waals surface area contributed by atoms with Gasteiger partial charge in [0.1, 0.15) is 11.6 Å². The number of imidazole rings is 1. The molecule has 0 bridgehead atoms. The normalized spacial score (nSPS) is 11.6. The third-order valence-corrected chi connectivity index (χ3v) is 4.63. The van der Waals surface area contributed by atoms with Crippen LogP contribution in [0.15, 0.2) is 73.1 Å². The van der Waals surface area contributed by atoms with E-state index >= 15 is 0 Å². The Morgan fingerprint density at radius 2 is 1.80 bits per heavy atom. The molecule has 0 radical (unpaired) electrons. The largest absolute Gasteiger partial charge is 0.416 e. The molecule has 152 valence electrons. The van der Waals surface area contributed by atoms with E-state index in [4.69, 9.17) is 0 Å². The van der Waals surface area contributed by atoms with Crippen molar-refractivity contribution in [2.45, 2.75) is 12.7 Å². The Balaban J connectivity index is 1.58. The van der Waals surface area contributed by atoms with Crippen LogP contribution in [-0.2, 0) is 12.7 Å². The first-order valence-corrected chi connectivity index (χ1v) is 8.99. The number of amides is 1. The van der Waals surface area contributed by atoms with Crippen molar-refractivity contribution < 1.29 is 22.4 Å². The van der Waals surface area contributed by atoms with Crippen molar-refractivity contribution in [2.24, 2.45) is 0 Å². The van der Waals surface area contributed by atoms with Crippen LogP contribution in [0.1, 0.15) is 21.5 Å². The second kappa shape index (κ2) is 7.62. The number of carbonyl (C=O) groups is 1. The molecule has 0 aliphatic carbocycles. The lowest BCUT2D eigenvalue weighted by molar-refractivity contribution is -0.137. The van der Waals surface area contributed by atoms with Crippen LogP contribution in [0.4, 0.5) is 17.6 Å². The van der Waals surface area contributed by atoms with Crippen molar-refractivity contribution in [1.82, 2.24) is 14.7 Å². The second-order valence-corrected chi connectivity index (χ2v) is 6.65. The molecule has 4 nitrogen and oxygen atoms in total. The van der Waals surface area contributed by atoms with E-state index in [1.54, 1.807) is 34.9 Å². The molecule has 2 aromatic carbocycles. The summed E-state index contributed by atoms with van der Waals surface area (Å²) in [7, 11) is 0. The maximum absolute atomic E-state index is 13.2. The molecule has 0 spiro atoms. The Hall–Kier alpha value is -3.68. The van der Waals surface area contributed by atoms with Crippen molar-refractivity contribution in [2.75, 3.05) is 0 Å². The van der Waals surface area contributed by atoms with Crippen LogP contribution >= 0.6 is 0 Å². The first-order valence-electron chi connectivity index (χ1n) is 8.99. The molecule has 2 aromatic heterocycles. The van der Waals surface area contributed by atoms with Gasteiger partial charge in [-0.25, -0.2) is 9.37 Å². The highest BCUT2D eigenvalue weighted by atomic mass is 19.4. The minimum Gasteiger partial charge on any atom is -0.348 e. The van der Waals surface area contributed by atoms with Gasteiger partial charge in [-0.1, -0.05) is 12.1 Å². The molecule has 0 fully saturated rings. The molecule has 1 amide bonds. The van der Waals surface area contributed by atoms with E-state index in [0.29, 0.717) is 28.0 Å². The first kappa shape index (κ1) is 19.6. The Bertz CT molecular complexity index is 1210. The van der Waals surface area contributed by atoms with Crippen LogP contribution < -0.4 is 5.32 Å². The fourth-order valence-electron chi connectivity index (χ4n) is 3.16. The van der Waals surface area contributed by atoms with Crippen molar-refractivity contribution in [3.05, 3.63) is 95.6 Å². The van der Waals surface area contributed by atoms with E-state index in [2.05, 4.69) is 10.3 Å². The van der Waals surface area contributed by atoms with Crippen LogP contribution in [0.25, 0.3) is 16.9 Å². The van der Waals surface area contributed by atoms with Gasteiger partial charge in [-0.05, 0) is 54.1 Å². The number of pyridine rings is 1. The van der Waals surface area contributed by atoms with E-state index < -0.39 is 17.6 Å². The molecule has 0 unspecified atom stereocenters. The molecule has 4 aromatic rings. The van der Waals surface area contributed by atoms with Gasteiger partial charge < -0.3 is 5.32 Å². The average molecular weight is 413 g/mol. The predicted octanol–water partition coefficient (Wildman–Crippen LogP) is 5.09. The molecule has 0 atom stereocenters. The number of rotatable bonds is 4. The number of nitrogens with zero attached hydrogens (tertiary/aromatic N) is 2. The lowest BCUT2D eigenvalue weighted by atomic mass is 10.1. The molecular formula is C22H15F4N3O. The van der Waals surface area contributed by atoms with Crippen LogP contribution in [0, 0.1) is 5.82 Å². The number of fused-ring (bicyclic) bond motifs is 1. The second-order valence-electron chi connectivity index (χ2n) is 6.65. The molecule has 0 aliphatic heterocycles. The summed E-state index contributed by atoms with van der Waals surface area (Å²) >= 11 is 0. The number of nitrogens with one attached hydrogen (secondary N) is 1. The SMILES string of the molecule is O=C(NCc1cccc(C(F)(F)F)c1)c1cccn2c(-c3ccc(F)cc3)ncc12. The Labute approximate surface area is 168 Å². The van der Waals surface area contributed by atoms with Gasteiger partial charge in [-0.15, -0.1) is 0 Å². The van der Waals surface area contributed by atoms with Crippen LogP contribution in [-0.4, -0.2) is 15.3 Å². The zero-order valence-electron chi connectivity index (χ0n) is 15.4. The van der Waals surface area contributed by atoms with Crippen molar-refractivity contribution >= 4 is 11.4 Å². The monoisotopic (exact) mass is 413 g/mol. The molecule has 0 saturated heterocycles. The third-order valence-electron chi connectivity index (χ3n) is 4.63. The number of hydrogen-bond donors (Lipinski definition) is 1. The topological polar surface area (TPSA) is 46.4 Å². The molecule has 2 heterocycles. The van der Waals surface area contributed by atoms with Gasteiger partial charge >= 0.3 is 6.18 Å². The standard InChI is InChI=1S/C22H15F4N3O/c23-17-8-6-15(7-9-17)20-27-13-19-18(5-2-10-29(19)20)21(30)28-12-14-3-1-4-16(11-14)22(24,25)26/h1-11,13H,12H2,(H,28,30). The number of carbonyl (C=O) groups excluding carboxylic acids is 1. The summed E-state index contributed by atoms with van der Waals surface area (Å²) in [5, 5.41) is 2.65. The van der Waals surface area contributed by atoms with Gasteiger partial charge in [0.2, 0.25) is 0 Å². The molecule has 1 N–H and O–H groups in total. The van der Waals surface area contributed by atoms with Gasteiger partial charge in [0, 0.05) is 18.3 Å². The number of aromatic nitrogens is 2. The van der Waals surface area contributed by atoms with Crippen LogP contribution in [0.3, 0.4) is 0 Å². The van der Waals surface area contributed by atoms with E-state index in [-0.39, 0.29) is 12.4 Å². The van der Waals surface area contributed by atoms with Crippen molar-refractivity contribution in [1.29, 1.82) is 0 Å². The summed E-state index contributed by atoms with van der Waals surface area (Å²) in [6.45, 7) is -0.0528. The summed E-state index contributed by atoms with van der Waals surface area (Å²) in [5.41, 5.74) is 1.10. The van der Waals surface area contributed by atoms with Gasteiger partial charge in [0.25, 0.3) is 5.91 Å². The van der Waals surface area contributed by atoms with E-state index in [1.165, 1.54) is 30.5 Å². The zero-order chi connectivity index (χ0) is 21.3. The number of halogens is 4. The summed E-state index contributed by atoms with van der Waals surface area (Å²) in [4.78, 5) is 17.0. The Morgan fingerprint density at radius 3 is 2.53 bits per heavy atom. The van der Waals surface area contributed by atoms with Crippen molar-refractivity contribution in [3.8, 4) is 11.4 Å². The minimum atomic E-state index is -4.44. The van der Waals surface area contributed by atoms with Gasteiger partial charge in [0.15, 0.2) is 0 Å². The highest BCUT2D eigenvalue weighted by Gasteiger charge is 2.30. The van der Waals surface area contributed by atoms with Crippen molar-refractivity contribution in [3.63, 3.8) is 0 Å². The van der Waals surface area contributed by atoms with E-state index in [1.807, 2.05) is 0 Å². The fraction of sp³-hybridized carbons (Fsp3) is 0.0909. The van der Waals surface area contributed by atoms with E-state index in [9.17, 15) is 22.4 Å². The fourth-order valence-corrected chi connectivity index (χ4v) is 3.16. The maximum Gasteiger partial charge on any atom is 0.416 e. The average Bonchev–Trinajstić information content (AvgIpc) is 3.16. The molecule has 30 heavy (non-hydrogen) atoms. The summed E-state index contributed by atoms with van der Waals surface area (Å²) < 4.78 is 53.4. The molecule has 8 heteroatoms. The first-order chi connectivity index (χ1) is 14.3. The number of hydrogen-bond acceptors (Lipinski definition) is 2. The van der Waals surface area contributed by atoms with Gasteiger partial charge in [-0.2, -0.15) is 13.2 Å². The zero-order valence-corrected chi connectivity index (χ0v) is 15.4. The van der Waals surface area contributed by atoms with Crippen LogP contribution in [0.5, 0.6) is 0 Å². The number of benzene rings is 2. The number of alkyl halides is 3. The highest BCUT2D eigenvalue weighted by molar-refractivity contribution is 6.00. The van der Waals surface area contributed by atoms with Gasteiger partial charge in [0.05, 0.1) is 22.8 Å². The molecule has 4 rings (SSSR count). The molecule has 0 saturated carbocycles. The lowest BCUT2D eigenvalue weighted by Gasteiger charge is -2.10. The Morgan fingerprint density at radius 1 is 1.03 bits per heavy atom. The highest BCUT2D eigenvalue weighted by Crippen LogP contribution is 2.29. The predicted molar refractivity (Wildman–Crippen MR) is 103 cm³/mol.